The van der Waals surface area contributed by atoms with Crippen LogP contribution >= 0.6 is 0 Å². The minimum absolute atomic E-state index is 0. The fourth-order valence-corrected chi connectivity index (χ4v) is 5.95. The van der Waals surface area contributed by atoms with Crippen molar-refractivity contribution in [1.82, 2.24) is 0 Å². The van der Waals surface area contributed by atoms with Gasteiger partial charge in [-0.2, -0.15) is 0 Å². The Hall–Kier alpha value is -3.46. The van der Waals surface area contributed by atoms with Crippen LogP contribution in [0.2, 0.25) is 0 Å². The highest BCUT2D eigenvalue weighted by Crippen LogP contribution is 2.31. The van der Waals surface area contributed by atoms with E-state index < -0.39 is 0 Å². The molecule has 3 aromatic carbocycles. The molecule has 4 heterocycles. The van der Waals surface area contributed by atoms with Gasteiger partial charge in [-0.3, -0.25) is 0 Å². The molecule has 0 bridgehead atoms. The maximum Gasteiger partial charge on any atom is 0.119 e. The van der Waals surface area contributed by atoms with Gasteiger partial charge in [0.05, 0.1) is 54.9 Å². The first-order chi connectivity index (χ1) is 24.4. The summed E-state index contributed by atoms with van der Waals surface area (Å²) >= 11 is 0. The second-order valence-electron chi connectivity index (χ2n) is 11.6. The number of methoxy groups -OCH3 is 8. The summed E-state index contributed by atoms with van der Waals surface area (Å²) in [6, 6.07) is 23.4. The number of hydrogen-bond acceptors (Lipinski definition) is 12. The molecule has 4 saturated heterocycles. The van der Waals surface area contributed by atoms with Crippen LogP contribution in [0.25, 0.3) is 11.1 Å². The van der Waals surface area contributed by atoms with E-state index in [9.17, 15) is 0 Å². The minimum Gasteiger partial charge on any atom is -0.497 e. The molecular weight excluding hydrogens is 696 g/mol. The Bertz CT molecular complexity index is 1210. The Morgan fingerprint density at radius 2 is 0.519 bits per heavy atom. The quantitative estimate of drug-likeness (QED) is 0.219. The maximum absolute atomic E-state index is 5.51. The molecule has 0 spiro atoms. The first-order valence-corrected chi connectivity index (χ1v) is 16.5. The van der Waals surface area contributed by atoms with Crippen molar-refractivity contribution in [2.45, 2.75) is 78.5 Å². The standard InChI is InChI=1S/C14H14O2.2C8H14O4.C8H10O2.4CH4/c1-15-13-7-3-11(4-8-13)12-5-9-14(16-2)10-6-12;2*1-9-5-3-11-8-6(10-2)4-12-7(5)8;1-9-7-3-5-8(10-2)6-4-7;;;;/h3-10H,1-2H3;2*5-8H,3-4H2,1-2H3;3-6H,1-2H3;4*1H4/t;5-,6+,7?,8?;5-,6-,7-,8-;;;;;/m..1...../s1. The normalized spacial score (nSPS) is 25.3. The molecule has 0 N–H and O–H groups in total. The summed E-state index contributed by atoms with van der Waals surface area (Å²) in [7, 11) is 13.3. The van der Waals surface area contributed by atoms with Crippen molar-refractivity contribution < 1.29 is 56.8 Å². The van der Waals surface area contributed by atoms with E-state index in [-0.39, 0.29) is 78.5 Å². The predicted octanol–water partition coefficient (Wildman–Crippen LogP) is 7.25. The molecule has 8 atom stereocenters. The van der Waals surface area contributed by atoms with Gasteiger partial charge in [0.1, 0.15) is 71.8 Å². The van der Waals surface area contributed by atoms with E-state index >= 15 is 0 Å². The molecule has 4 aliphatic rings. The molecule has 0 saturated carbocycles. The molecule has 4 aliphatic heterocycles. The molecular formula is C42H68O12. The fraction of sp³-hybridized carbons (Fsp3) is 0.571. The van der Waals surface area contributed by atoms with E-state index in [1.54, 1.807) is 56.9 Å². The van der Waals surface area contributed by atoms with Crippen molar-refractivity contribution in [3.63, 3.8) is 0 Å². The Morgan fingerprint density at radius 1 is 0.333 bits per heavy atom. The highest BCUT2D eigenvalue weighted by atomic mass is 16.6. The summed E-state index contributed by atoms with van der Waals surface area (Å²) < 4.78 is 63.0. The SMILES string of the molecule is C.C.C.C.CO[C@@H]1CO[C@H]2[C@@H]1OC[C@H]2OC.CO[C@H]1COC2C1OC[C@H]2OC.COc1ccc(-c2ccc(OC)cc2)cc1.COc1ccc(OC)cc1. The number of fused-ring (bicyclic) bond motifs is 2. The van der Waals surface area contributed by atoms with Crippen LogP contribution in [0, 0.1) is 0 Å². The van der Waals surface area contributed by atoms with Crippen LogP contribution in [0.3, 0.4) is 0 Å². The van der Waals surface area contributed by atoms with Crippen LogP contribution in [-0.4, -0.2) is 132 Å². The Morgan fingerprint density at radius 3 is 0.685 bits per heavy atom. The summed E-state index contributed by atoms with van der Waals surface area (Å²) in [4.78, 5) is 0. The zero-order chi connectivity index (χ0) is 35.9. The second kappa shape index (κ2) is 26.4. The molecule has 4 fully saturated rings. The molecule has 308 valence electrons. The predicted molar refractivity (Wildman–Crippen MR) is 214 cm³/mol. The van der Waals surface area contributed by atoms with Gasteiger partial charge in [-0.1, -0.05) is 54.0 Å². The van der Waals surface area contributed by atoms with Crippen molar-refractivity contribution in [1.29, 1.82) is 0 Å². The van der Waals surface area contributed by atoms with Crippen LogP contribution in [0.15, 0.2) is 72.8 Å². The van der Waals surface area contributed by atoms with Crippen LogP contribution in [0.5, 0.6) is 23.0 Å². The van der Waals surface area contributed by atoms with E-state index in [1.807, 2.05) is 72.8 Å². The first kappa shape index (κ1) is 50.5. The molecule has 7 rings (SSSR count). The van der Waals surface area contributed by atoms with Crippen molar-refractivity contribution in [3.8, 4) is 34.1 Å². The van der Waals surface area contributed by atoms with E-state index in [2.05, 4.69) is 0 Å². The highest BCUT2D eigenvalue weighted by molar-refractivity contribution is 5.64. The number of hydrogen-bond donors (Lipinski definition) is 0. The topological polar surface area (TPSA) is 111 Å². The first-order valence-electron chi connectivity index (χ1n) is 16.5. The average Bonchev–Trinajstić information content (AvgIpc) is 3.98. The third-order valence-electron chi connectivity index (χ3n) is 8.94. The molecule has 12 nitrogen and oxygen atoms in total. The summed E-state index contributed by atoms with van der Waals surface area (Å²) in [5.41, 5.74) is 2.34. The van der Waals surface area contributed by atoms with Gasteiger partial charge in [0.2, 0.25) is 0 Å². The van der Waals surface area contributed by atoms with Gasteiger partial charge >= 0.3 is 0 Å². The summed E-state index contributed by atoms with van der Waals surface area (Å²) in [6.07, 6.45) is 0.593. The molecule has 0 aliphatic carbocycles. The van der Waals surface area contributed by atoms with E-state index in [4.69, 9.17) is 56.8 Å². The van der Waals surface area contributed by atoms with Crippen LogP contribution in [0.1, 0.15) is 29.7 Å². The maximum atomic E-state index is 5.51. The summed E-state index contributed by atoms with van der Waals surface area (Å²) in [5, 5.41) is 0. The van der Waals surface area contributed by atoms with Crippen LogP contribution in [0.4, 0.5) is 0 Å². The molecule has 2 unspecified atom stereocenters. The number of ether oxygens (including phenoxy) is 12. The van der Waals surface area contributed by atoms with E-state index in [1.165, 1.54) is 11.1 Å². The molecule has 0 radical (unpaired) electrons. The Labute approximate surface area is 325 Å². The zero-order valence-electron chi connectivity index (χ0n) is 30.3. The monoisotopic (exact) mass is 764 g/mol. The molecule has 0 aromatic heterocycles. The minimum atomic E-state index is 0. The average molecular weight is 765 g/mol. The lowest BCUT2D eigenvalue weighted by Gasteiger charge is -2.14. The Balaban J connectivity index is 0.000000686. The van der Waals surface area contributed by atoms with Crippen molar-refractivity contribution >= 4 is 0 Å². The van der Waals surface area contributed by atoms with Crippen LogP contribution in [-0.2, 0) is 37.9 Å². The van der Waals surface area contributed by atoms with Gasteiger partial charge < -0.3 is 56.8 Å². The zero-order valence-corrected chi connectivity index (χ0v) is 30.3. The van der Waals surface area contributed by atoms with Gasteiger partial charge in [-0.25, -0.2) is 0 Å². The highest BCUT2D eigenvalue weighted by Gasteiger charge is 2.49. The van der Waals surface area contributed by atoms with Crippen LogP contribution < -0.4 is 18.9 Å². The summed E-state index contributed by atoms with van der Waals surface area (Å²) in [5.74, 6) is 3.44. The van der Waals surface area contributed by atoms with E-state index in [0.717, 1.165) is 23.0 Å². The lowest BCUT2D eigenvalue weighted by molar-refractivity contribution is -0.0267. The molecule has 54 heavy (non-hydrogen) atoms. The van der Waals surface area contributed by atoms with Gasteiger partial charge in [0, 0.05) is 28.4 Å². The van der Waals surface area contributed by atoms with E-state index in [0.29, 0.717) is 26.4 Å². The third-order valence-corrected chi connectivity index (χ3v) is 8.94. The van der Waals surface area contributed by atoms with Gasteiger partial charge in [0.25, 0.3) is 0 Å². The van der Waals surface area contributed by atoms with Crippen molar-refractivity contribution in [3.05, 3.63) is 72.8 Å². The smallest absolute Gasteiger partial charge is 0.119 e. The largest absolute Gasteiger partial charge is 0.497 e. The van der Waals surface area contributed by atoms with Crippen molar-refractivity contribution in [2.75, 3.05) is 83.3 Å². The fourth-order valence-electron chi connectivity index (χ4n) is 5.95. The van der Waals surface area contributed by atoms with Gasteiger partial charge in [-0.15, -0.1) is 0 Å². The molecule has 3 aromatic rings. The molecule has 12 heteroatoms. The lowest BCUT2D eigenvalue weighted by atomic mass is 10.1. The van der Waals surface area contributed by atoms with Crippen molar-refractivity contribution in [2.24, 2.45) is 0 Å². The second-order valence-corrected chi connectivity index (χ2v) is 11.6. The number of rotatable bonds is 9. The van der Waals surface area contributed by atoms with Gasteiger partial charge in [-0.05, 0) is 59.7 Å². The number of benzene rings is 3. The Kier molecular flexibility index (Phi) is 24.7. The third kappa shape index (κ3) is 13.4. The lowest BCUT2D eigenvalue weighted by Crippen LogP contribution is -2.32. The van der Waals surface area contributed by atoms with Gasteiger partial charge in [0.15, 0.2) is 0 Å². The molecule has 0 amide bonds. The summed E-state index contributed by atoms with van der Waals surface area (Å²) in [6.45, 7) is 2.47.